The highest BCUT2D eigenvalue weighted by Crippen LogP contribution is 2.27. The van der Waals surface area contributed by atoms with E-state index in [0.717, 1.165) is 10.6 Å². The van der Waals surface area contributed by atoms with Crippen molar-refractivity contribution in [2.24, 2.45) is 11.8 Å². The normalized spacial score (nSPS) is 18.8. The molecular weight excluding hydrogens is 328 g/mol. The molecule has 1 aromatic carbocycles. The van der Waals surface area contributed by atoms with Crippen LogP contribution in [-0.2, 0) is 14.4 Å². The van der Waals surface area contributed by atoms with Crippen molar-refractivity contribution in [2.45, 2.75) is 31.2 Å². The van der Waals surface area contributed by atoms with E-state index in [0.29, 0.717) is 0 Å². The number of nitrogens with one attached hydrogen (secondary N) is 1. The molecule has 2 atom stereocenters. The van der Waals surface area contributed by atoms with Gasteiger partial charge in [-0.2, -0.15) is 0 Å². The smallest absolute Gasteiger partial charge is 0.326 e. The first kappa shape index (κ1) is 18.3. The molecule has 0 spiro atoms. The maximum atomic E-state index is 12.3. The van der Waals surface area contributed by atoms with Crippen LogP contribution in [-0.4, -0.2) is 41.7 Å². The number of amides is 2. The number of nitrogens with zero attached hydrogens (tertiary/aromatic N) is 1. The predicted molar refractivity (Wildman–Crippen MR) is 93.1 cm³/mol. The average Bonchev–Trinajstić information content (AvgIpc) is 2.93. The Hall–Kier alpha value is -2.02. The van der Waals surface area contributed by atoms with Gasteiger partial charge in [0.2, 0.25) is 11.8 Å². The van der Waals surface area contributed by atoms with Gasteiger partial charge in [0.25, 0.3) is 0 Å². The third kappa shape index (κ3) is 4.08. The number of anilines is 1. The molecule has 7 heteroatoms. The van der Waals surface area contributed by atoms with Crippen LogP contribution in [0.25, 0.3) is 0 Å². The second kappa shape index (κ2) is 7.70. The summed E-state index contributed by atoms with van der Waals surface area (Å²) >= 11 is 1.62. The number of benzene rings is 1. The van der Waals surface area contributed by atoms with Gasteiger partial charge in [-0.15, -0.1) is 11.8 Å². The van der Waals surface area contributed by atoms with Crippen LogP contribution in [0.2, 0.25) is 0 Å². The van der Waals surface area contributed by atoms with Gasteiger partial charge in [0, 0.05) is 23.5 Å². The molecule has 1 saturated heterocycles. The number of carbonyl (C=O) groups is 3. The van der Waals surface area contributed by atoms with Crippen molar-refractivity contribution < 1.29 is 19.5 Å². The lowest BCUT2D eigenvalue weighted by atomic mass is 10.0. The summed E-state index contributed by atoms with van der Waals surface area (Å²) in [4.78, 5) is 38.4. The molecule has 1 fully saturated rings. The summed E-state index contributed by atoms with van der Waals surface area (Å²) in [5.41, 5.74) is 0.756. The molecule has 2 unspecified atom stereocenters. The zero-order chi connectivity index (χ0) is 17.9. The van der Waals surface area contributed by atoms with Crippen molar-refractivity contribution in [3.8, 4) is 0 Å². The highest BCUT2D eigenvalue weighted by Gasteiger charge is 2.37. The van der Waals surface area contributed by atoms with Gasteiger partial charge in [-0.05, 0) is 36.4 Å². The minimum absolute atomic E-state index is 0.0978. The highest BCUT2D eigenvalue weighted by atomic mass is 32.2. The van der Waals surface area contributed by atoms with Gasteiger partial charge in [0.15, 0.2) is 0 Å². The minimum Gasteiger partial charge on any atom is -0.480 e. The Labute approximate surface area is 145 Å². The molecule has 1 aliphatic heterocycles. The number of carboxylic acids is 1. The Morgan fingerprint density at radius 3 is 2.42 bits per heavy atom. The van der Waals surface area contributed by atoms with Crippen molar-refractivity contribution >= 4 is 35.2 Å². The SMILES string of the molecule is CSc1ccc(N2CC(C(=O)NC(C(=O)O)C(C)C)CC2=O)cc1. The first-order valence-corrected chi connectivity index (χ1v) is 9.03. The number of thioether (sulfide) groups is 1. The lowest BCUT2D eigenvalue weighted by molar-refractivity contribution is -0.143. The number of aliphatic carboxylic acids is 1. The van der Waals surface area contributed by atoms with E-state index in [-0.39, 0.29) is 30.7 Å². The largest absolute Gasteiger partial charge is 0.480 e. The molecule has 2 amide bonds. The van der Waals surface area contributed by atoms with Crippen molar-refractivity contribution in [1.29, 1.82) is 0 Å². The van der Waals surface area contributed by atoms with Crippen LogP contribution in [0.4, 0.5) is 5.69 Å². The molecule has 6 nitrogen and oxygen atoms in total. The van der Waals surface area contributed by atoms with Crippen LogP contribution in [0.15, 0.2) is 29.2 Å². The van der Waals surface area contributed by atoms with Gasteiger partial charge in [-0.3, -0.25) is 9.59 Å². The van der Waals surface area contributed by atoms with E-state index >= 15 is 0 Å². The number of carbonyl (C=O) groups excluding carboxylic acids is 2. The van der Waals surface area contributed by atoms with Gasteiger partial charge in [0.05, 0.1) is 5.92 Å². The summed E-state index contributed by atoms with van der Waals surface area (Å²) < 4.78 is 0. The monoisotopic (exact) mass is 350 g/mol. The molecule has 1 heterocycles. The molecule has 0 bridgehead atoms. The molecule has 130 valence electrons. The van der Waals surface area contributed by atoms with E-state index in [2.05, 4.69) is 5.32 Å². The highest BCUT2D eigenvalue weighted by molar-refractivity contribution is 7.98. The summed E-state index contributed by atoms with van der Waals surface area (Å²) in [6.07, 6.45) is 2.07. The average molecular weight is 350 g/mol. The van der Waals surface area contributed by atoms with Gasteiger partial charge in [-0.25, -0.2) is 4.79 Å². The number of hydrogen-bond acceptors (Lipinski definition) is 4. The third-order valence-corrected chi connectivity index (χ3v) is 4.85. The van der Waals surface area contributed by atoms with Gasteiger partial charge < -0.3 is 15.3 Å². The van der Waals surface area contributed by atoms with Crippen molar-refractivity contribution in [1.82, 2.24) is 5.32 Å². The van der Waals surface area contributed by atoms with Gasteiger partial charge in [-0.1, -0.05) is 13.8 Å². The molecule has 0 radical (unpaired) electrons. The molecule has 1 aromatic rings. The van der Waals surface area contributed by atoms with E-state index in [1.807, 2.05) is 30.5 Å². The van der Waals surface area contributed by atoms with Gasteiger partial charge in [0.1, 0.15) is 6.04 Å². The summed E-state index contributed by atoms with van der Waals surface area (Å²) in [5, 5.41) is 11.7. The number of carboxylic acid groups (broad SMARTS) is 1. The van der Waals surface area contributed by atoms with Crippen LogP contribution in [0.5, 0.6) is 0 Å². The van der Waals surface area contributed by atoms with Gasteiger partial charge >= 0.3 is 5.97 Å². The number of rotatable bonds is 6. The second-order valence-electron chi connectivity index (χ2n) is 6.17. The standard InChI is InChI=1S/C17H22N2O4S/c1-10(2)15(17(22)23)18-16(21)11-8-14(20)19(9-11)12-4-6-13(24-3)7-5-12/h4-7,10-11,15H,8-9H2,1-3H3,(H,18,21)(H,22,23). The van der Waals surface area contributed by atoms with Crippen molar-refractivity contribution in [3.63, 3.8) is 0 Å². The van der Waals surface area contributed by atoms with Crippen molar-refractivity contribution in [2.75, 3.05) is 17.7 Å². The first-order valence-electron chi connectivity index (χ1n) is 7.81. The molecule has 2 rings (SSSR count). The lowest BCUT2D eigenvalue weighted by Gasteiger charge is -2.20. The van der Waals surface area contributed by atoms with E-state index < -0.39 is 17.9 Å². The number of hydrogen-bond donors (Lipinski definition) is 2. The molecule has 0 aliphatic carbocycles. The summed E-state index contributed by atoms with van der Waals surface area (Å²) in [5.74, 6) is -2.32. The Morgan fingerprint density at radius 2 is 1.92 bits per heavy atom. The van der Waals surface area contributed by atoms with Crippen LogP contribution in [0.1, 0.15) is 20.3 Å². The second-order valence-corrected chi connectivity index (χ2v) is 7.05. The van der Waals surface area contributed by atoms with Crippen LogP contribution in [0, 0.1) is 11.8 Å². The Morgan fingerprint density at radius 1 is 1.29 bits per heavy atom. The Kier molecular flexibility index (Phi) is 5.88. The molecule has 0 saturated carbocycles. The molecular formula is C17H22N2O4S. The van der Waals surface area contributed by atoms with Crippen LogP contribution < -0.4 is 10.2 Å². The first-order chi connectivity index (χ1) is 11.3. The van der Waals surface area contributed by atoms with E-state index in [4.69, 9.17) is 0 Å². The predicted octanol–water partition coefficient (Wildman–Crippen LogP) is 1.99. The van der Waals surface area contributed by atoms with E-state index in [1.165, 1.54) is 0 Å². The molecule has 24 heavy (non-hydrogen) atoms. The van der Waals surface area contributed by atoms with Crippen LogP contribution in [0.3, 0.4) is 0 Å². The fraction of sp³-hybridized carbons (Fsp3) is 0.471. The van der Waals surface area contributed by atoms with E-state index in [9.17, 15) is 19.5 Å². The van der Waals surface area contributed by atoms with Crippen LogP contribution >= 0.6 is 11.8 Å². The fourth-order valence-electron chi connectivity index (χ4n) is 2.68. The quantitative estimate of drug-likeness (QED) is 0.766. The maximum absolute atomic E-state index is 12.3. The lowest BCUT2D eigenvalue weighted by Crippen LogP contribution is -2.47. The fourth-order valence-corrected chi connectivity index (χ4v) is 3.09. The third-order valence-electron chi connectivity index (χ3n) is 4.11. The Balaban J connectivity index is 2.05. The summed E-state index contributed by atoms with van der Waals surface area (Å²) in [6, 6.07) is 6.64. The molecule has 0 aromatic heterocycles. The van der Waals surface area contributed by atoms with Crippen molar-refractivity contribution in [3.05, 3.63) is 24.3 Å². The zero-order valence-corrected chi connectivity index (χ0v) is 14.8. The topological polar surface area (TPSA) is 86.7 Å². The molecule has 2 N–H and O–H groups in total. The van der Waals surface area contributed by atoms with E-state index in [1.54, 1.807) is 30.5 Å². The molecule has 1 aliphatic rings. The summed E-state index contributed by atoms with van der Waals surface area (Å²) in [7, 11) is 0. The summed E-state index contributed by atoms with van der Waals surface area (Å²) in [6.45, 7) is 3.74. The Bertz CT molecular complexity index is 630. The maximum Gasteiger partial charge on any atom is 0.326 e. The minimum atomic E-state index is -1.06. The zero-order valence-electron chi connectivity index (χ0n) is 14.0.